The highest BCUT2D eigenvalue weighted by Gasteiger charge is 2.54. The number of alkyl halides is 1. The number of hydrogen-bond donors (Lipinski definition) is 4. The molecule has 0 amide bonds. The van der Waals surface area contributed by atoms with E-state index in [1.807, 2.05) is 13.8 Å². The third-order valence-corrected chi connectivity index (χ3v) is 11.2. The van der Waals surface area contributed by atoms with E-state index in [1.54, 1.807) is 0 Å². The van der Waals surface area contributed by atoms with Crippen LogP contribution in [0.25, 0.3) is 11.2 Å². The number of anilines is 1. The maximum atomic E-state index is 16.2. The molecule has 0 radical (unpaired) electrons. The number of nitrogens with one attached hydrogen (secondary N) is 1. The van der Waals surface area contributed by atoms with Crippen LogP contribution in [0.3, 0.4) is 0 Å². The van der Waals surface area contributed by atoms with Crippen molar-refractivity contribution in [3.63, 3.8) is 0 Å². The first kappa shape index (κ1) is 34.2. The molecule has 3 aromatic rings. The van der Waals surface area contributed by atoms with Crippen molar-refractivity contribution >= 4 is 72.9 Å². The van der Waals surface area contributed by atoms with Crippen LogP contribution in [0, 0.1) is 5.82 Å². The topological polar surface area (TPSA) is 200 Å². The Morgan fingerprint density at radius 2 is 1.71 bits per heavy atom. The average molecular weight is 752 g/mol. The summed E-state index contributed by atoms with van der Waals surface area (Å²) < 4.78 is 94.4. The summed E-state index contributed by atoms with van der Waals surface area (Å²) in [6.07, 6.45) is -7.91. The predicted octanol–water partition coefficient (Wildman–Crippen LogP) is 3.96. The van der Waals surface area contributed by atoms with Crippen LogP contribution in [0.2, 0.25) is 0 Å². The van der Waals surface area contributed by atoms with Crippen LogP contribution in [0.4, 0.5) is 20.4 Å². The van der Waals surface area contributed by atoms with E-state index in [-0.39, 0.29) is 29.5 Å². The molecule has 3 fully saturated rings. The number of ketones is 1. The van der Waals surface area contributed by atoms with Crippen molar-refractivity contribution in [2.24, 2.45) is 4.99 Å². The number of Topliss-reactive ketones (excluding diaryl/α,β-unsaturated/α-hetero) is 1. The monoisotopic (exact) mass is 751 g/mol. The van der Waals surface area contributed by atoms with Crippen LogP contribution in [0.1, 0.15) is 43.1 Å². The van der Waals surface area contributed by atoms with Gasteiger partial charge < -0.3 is 24.5 Å². The molecule has 7 heterocycles. The summed E-state index contributed by atoms with van der Waals surface area (Å²) in [4.78, 5) is 29.2. The molecule has 48 heavy (non-hydrogen) atoms. The fraction of sp³-hybridized carbons (Fsp3) is 0.560. The molecule has 2 N–H and O–H groups in total. The normalized spacial score (nSPS) is 37.2. The lowest BCUT2D eigenvalue weighted by Gasteiger charge is -2.27. The molecular formula is C25H29F2N7O10P2S2. The number of thiol groups is 2. The van der Waals surface area contributed by atoms with E-state index in [9.17, 15) is 23.4 Å². The molecule has 17 nitrogen and oxygen atoms in total. The lowest BCUT2D eigenvalue weighted by molar-refractivity contribution is -0.0573. The molecule has 0 aliphatic carbocycles. The maximum absolute atomic E-state index is 16.2. The minimum atomic E-state index is -4.46. The third-order valence-electron chi connectivity index (χ3n) is 7.95. The number of halogens is 2. The third kappa shape index (κ3) is 6.28. The summed E-state index contributed by atoms with van der Waals surface area (Å²) in [5, 5.41) is 14.3. The quantitative estimate of drug-likeness (QED) is 0.221. The lowest BCUT2D eigenvalue weighted by Crippen LogP contribution is -2.35. The van der Waals surface area contributed by atoms with Crippen molar-refractivity contribution in [2.75, 3.05) is 18.5 Å². The molecule has 2 unspecified atom stereocenters. The van der Waals surface area contributed by atoms with Crippen LogP contribution in [0.5, 0.6) is 0 Å². The van der Waals surface area contributed by atoms with Gasteiger partial charge in [-0.05, 0) is 13.8 Å². The Hall–Kier alpha value is -2.29. The smallest absolute Gasteiger partial charge is 0.386 e. The number of aliphatic imine (C=N–C) groups is 1. The number of carbonyl (C=O) groups excluding carboxylic acids is 1. The van der Waals surface area contributed by atoms with E-state index < -0.39 is 87.6 Å². The van der Waals surface area contributed by atoms with Crippen LogP contribution in [-0.2, 0) is 36.7 Å². The molecule has 10 atom stereocenters. The predicted molar refractivity (Wildman–Crippen MR) is 169 cm³/mol. The van der Waals surface area contributed by atoms with Crippen LogP contribution in [-0.4, -0.2) is 97.1 Å². The number of aliphatic hydroxyl groups is 1. The fourth-order valence-electron chi connectivity index (χ4n) is 5.88. The highest BCUT2D eigenvalue weighted by atomic mass is 32.7. The Bertz CT molecular complexity index is 1880. The van der Waals surface area contributed by atoms with Gasteiger partial charge in [-0.2, -0.15) is 0 Å². The summed E-state index contributed by atoms with van der Waals surface area (Å²) in [5.41, 5.74) is 0.249. The van der Waals surface area contributed by atoms with Crippen molar-refractivity contribution in [1.29, 1.82) is 0 Å². The molecule has 2 bridgehead atoms. The lowest BCUT2D eigenvalue weighted by atomic mass is 10.1. The van der Waals surface area contributed by atoms with E-state index >= 15 is 4.39 Å². The molecule has 260 valence electrons. The molecule has 7 rings (SSSR count). The molecule has 0 spiro atoms. The van der Waals surface area contributed by atoms with Gasteiger partial charge in [0.1, 0.15) is 42.7 Å². The first-order chi connectivity index (χ1) is 22.7. The molecule has 4 aliphatic heterocycles. The zero-order chi connectivity index (χ0) is 34.1. The zero-order valence-corrected chi connectivity index (χ0v) is 28.6. The van der Waals surface area contributed by atoms with Crippen molar-refractivity contribution < 1.29 is 55.4 Å². The van der Waals surface area contributed by atoms with Crippen LogP contribution in [0.15, 0.2) is 23.8 Å². The van der Waals surface area contributed by atoms with Crippen LogP contribution < -0.4 is 5.32 Å². The molecule has 3 aromatic heterocycles. The largest absolute Gasteiger partial charge is 0.387 e. The van der Waals surface area contributed by atoms with Crippen molar-refractivity contribution in [3.05, 3.63) is 30.2 Å². The summed E-state index contributed by atoms with van der Waals surface area (Å²) in [7, 11) is 0. The number of ether oxygens (including phenoxy) is 2. The first-order valence-electron chi connectivity index (χ1n) is 14.6. The van der Waals surface area contributed by atoms with Gasteiger partial charge in [0.25, 0.3) is 0 Å². The Kier molecular flexibility index (Phi) is 9.11. The van der Waals surface area contributed by atoms with E-state index in [2.05, 4.69) is 49.8 Å². The highest BCUT2D eigenvalue weighted by Crippen LogP contribution is 2.60. The second kappa shape index (κ2) is 12.8. The standard InChI is InChI=1S/C25H29F2N7O10P2S2/c1-10(2)32-21-17-23(30-8-29-21)34(9-31-17)24-16(27)19-14(42-24)7-40-46(38,48)44-20-18(36)13(6-39-45(37,47)43-19)41-25(20)33-5-11(26)15-12(35)3-4-28-22(15)33/h4-5,8-10,13-14,16,18-20,24-25,36H,3,6-7H2,1-2H3,(H,37,47)(H,38,48)(H,29,30,32)/t13-,14-,16-,18-,19-,20-,24-,25-,45?,46?/m1/s1. The molecule has 0 aromatic carbocycles. The number of aromatic nitrogens is 5. The molecular weight excluding hydrogens is 722 g/mol. The van der Waals surface area contributed by atoms with Gasteiger partial charge in [0, 0.05) is 24.9 Å². The Morgan fingerprint density at radius 3 is 2.44 bits per heavy atom. The van der Waals surface area contributed by atoms with Gasteiger partial charge in [0.15, 0.2) is 47.2 Å². The van der Waals surface area contributed by atoms with E-state index in [4.69, 9.17) is 27.6 Å². The first-order valence-corrected chi connectivity index (χ1v) is 20.0. The zero-order valence-electron chi connectivity index (χ0n) is 25.0. The van der Waals surface area contributed by atoms with Gasteiger partial charge in [0.05, 0.1) is 25.1 Å². The Balaban J connectivity index is 1.19. The van der Waals surface area contributed by atoms with Gasteiger partial charge >= 0.3 is 13.6 Å². The van der Waals surface area contributed by atoms with Gasteiger partial charge in [-0.3, -0.25) is 27.5 Å². The second-order valence-corrected chi connectivity index (χ2v) is 17.4. The van der Waals surface area contributed by atoms with Gasteiger partial charge in [0.2, 0.25) is 0 Å². The van der Waals surface area contributed by atoms with E-state index in [0.717, 1.165) is 10.8 Å². The van der Waals surface area contributed by atoms with Crippen LogP contribution >= 0.6 is 38.1 Å². The van der Waals surface area contributed by atoms with Gasteiger partial charge in [-0.25, -0.2) is 37.9 Å². The molecule has 23 heteroatoms. The number of nitrogens with zero attached hydrogens (tertiary/aromatic N) is 6. The Morgan fingerprint density at radius 1 is 1.02 bits per heavy atom. The van der Waals surface area contributed by atoms with Crippen molar-refractivity contribution in [3.8, 4) is 0 Å². The van der Waals surface area contributed by atoms with E-state index in [1.165, 1.54) is 23.4 Å². The minimum absolute atomic E-state index is 0.00395. The summed E-state index contributed by atoms with van der Waals surface area (Å²) in [6, 6.07) is 0.00395. The van der Waals surface area contributed by atoms with Gasteiger partial charge in [-0.15, -0.1) is 0 Å². The summed E-state index contributed by atoms with van der Waals surface area (Å²) in [5.74, 6) is -1.16. The number of carbonyl (C=O) groups is 1. The maximum Gasteiger partial charge on any atom is 0.386 e. The summed E-state index contributed by atoms with van der Waals surface area (Å²) >= 11 is 8.07. The molecule has 3 saturated heterocycles. The fourth-order valence-corrected chi connectivity index (χ4v) is 8.82. The number of fused-ring (bicyclic) bond motifs is 5. The number of aliphatic hydroxyl groups excluding tert-OH is 1. The number of rotatable bonds is 4. The number of imidazole rings is 1. The second-order valence-electron chi connectivity index (χ2n) is 11.6. The minimum Gasteiger partial charge on any atom is -0.387 e. The SMILES string of the molecule is CC(C)Nc1ncnc2c1ncn2[C@@H]1O[C@@H]2COP(=O)(S)O[C@@H]3[C@H](O)[C@@H](COP(=O)(S)O[C@H]2[C@H]1F)O[C@H]3n1cc(F)c2c1N=CCC2=O. The van der Waals surface area contributed by atoms with E-state index in [0.29, 0.717) is 11.3 Å². The van der Waals surface area contributed by atoms with Crippen molar-refractivity contribution in [1.82, 2.24) is 24.1 Å². The molecule has 4 aliphatic rings. The van der Waals surface area contributed by atoms with Crippen molar-refractivity contribution in [2.45, 2.75) is 75.5 Å². The molecule has 0 saturated carbocycles. The average Bonchev–Trinajstić information content (AvgIpc) is 3.75. The highest BCUT2D eigenvalue weighted by molar-refractivity contribution is 8.44. The van der Waals surface area contributed by atoms with Gasteiger partial charge in [-0.1, -0.05) is 24.5 Å². The summed E-state index contributed by atoms with van der Waals surface area (Å²) in [6.45, 7) is -6.43. The Labute approximate surface area is 281 Å². The number of hydrogen-bond acceptors (Lipinski definition) is 15.